The van der Waals surface area contributed by atoms with Crippen molar-refractivity contribution in [2.24, 2.45) is 0 Å². The molecule has 174 valence electrons. The maximum Gasteiger partial charge on any atom is 0.240 e. The van der Waals surface area contributed by atoms with E-state index in [2.05, 4.69) is 27.3 Å². The molecule has 10 nitrogen and oxygen atoms in total. The van der Waals surface area contributed by atoms with Crippen LogP contribution < -0.4 is 4.74 Å². The molecule has 4 aromatic heterocycles. The number of fused-ring (bicyclic) bond motifs is 3. The molecule has 5 rings (SSSR count). The topological polar surface area (TPSA) is 110 Å². The van der Waals surface area contributed by atoms with Crippen molar-refractivity contribution in [1.82, 2.24) is 30.0 Å². The predicted molar refractivity (Wildman–Crippen MR) is 123 cm³/mol. The minimum atomic E-state index is 0.265. The molecule has 10 heteroatoms. The highest BCUT2D eigenvalue weighted by Gasteiger charge is 2.19. The third-order valence-corrected chi connectivity index (χ3v) is 5.49. The SMILES string of the molecule is COCc1cc(-c2nnc3c4ccccc4c(OCc4ccc(C(C)COC)cn4)nn23)no1. The molecule has 34 heavy (non-hydrogen) atoms. The summed E-state index contributed by atoms with van der Waals surface area (Å²) in [6, 6.07) is 13.5. The van der Waals surface area contributed by atoms with Gasteiger partial charge in [-0.3, -0.25) is 4.98 Å². The third kappa shape index (κ3) is 4.20. The van der Waals surface area contributed by atoms with E-state index >= 15 is 0 Å². The zero-order valence-corrected chi connectivity index (χ0v) is 19.1. The number of rotatable bonds is 9. The lowest BCUT2D eigenvalue weighted by Gasteiger charge is -2.12. The van der Waals surface area contributed by atoms with Gasteiger partial charge in [0.25, 0.3) is 0 Å². The number of nitrogens with zero attached hydrogens (tertiary/aromatic N) is 6. The van der Waals surface area contributed by atoms with Gasteiger partial charge in [-0.15, -0.1) is 15.3 Å². The van der Waals surface area contributed by atoms with Crippen LogP contribution in [-0.4, -0.2) is 50.8 Å². The van der Waals surface area contributed by atoms with Crippen LogP contribution >= 0.6 is 0 Å². The van der Waals surface area contributed by atoms with Gasteiger partial charge in [0, 0.05) is 43.2 Å². The van der Waals surface area contributed by atoms with E-state index in [1.54, 1.807) is 24.8 Å². The summed E-state index contributed by atoms with van der Waals surface area (Å²) in [7, 11) is 3.29. The summed E-state index contributed by atoms with van der Waals surface area (Å²) in [6.07, 6.45) is 1.86. The molecule has 0 saturated heterocycles. The number of hydrogen-bond donors (Lipinski definition) is 0. The lowest BCUT2D eigenvalue weighted by atomic mass is 10.0. The zero-order chi connectivity index (χ0) is 23.5. The second-order valence-corrected chi connectivity index (χ2v) is 7.95. The van der Waals surface area contributed by atoms with E-state index < -0.39 is 0 Å². The summed E-state index contributed by atoms with van der Waals surface area (Å²) < 4.78 is 23.4. The van der Waals surface area contributed by atoms with Crippen molar-refractivity contribution in [3.8, 4) is 17.4 Å². The molecule has 0 aliphatic carbocycles. The second-order valence-electron chi connectivity index (χ2n) is 7.95. The predicted octanol–water partition coefficient (Wildman–Crippen LogP) is 3.80. The van der Waals surface area contributed by atoms with Crippen LogP contribution in [0.15, 0.2) is 53.2 Å². The fourth-order valence-corrected chi connectivity index (χ4v) is 3.75. The van der Waals surface area contributed by atoms with Gasteiger partial charge in [0.2, 0.25) is 11.7 Å². The highest BCUT2D eigenvalue weighted by atomic mass is 16.5. The van der Waals surface area contributed by atoms with Gasteiger partial charge in [0.1, 0.15) is 13.2 Å². The molecule has 0 aliphatic heterocycles. The first-order valence-corrected chi connectivity index (χ1v) is 10.8. The molecule has 1 atom stereocenters. The first-order chi connectivity index (χ1) is 16.7. The van der Waals surface area contributed by atoms with Gasteiger partial charge in [-0.05, 0) is 17.7 Å². The summed E-state index contributed by atoms with van der Waals surface area (Å²) >= 11 is 0. The minimum absolute atomic E-state index is 0.265. The Morgan fingerprint density at radius 3 is 2.62 bits per heavy atom. The van der Waals surface area contributed by atoms with Gasteiger partial charge in [-0.25, -0.2) is 0 Å². The molecule has 0 fully saturated rings. The number of benzene rings is 1. The fraction of sp³-hybridized carbons (Fsp3) is 0.292. The standard InChI is InChI=1S/C24H24N6O4/c1-15(12-31-2)16-8-9-17(25-11-16)13-33-24-20-7-5-4-6-19(20)22-26-27-23(30(22)28-24)21-10-18(14-32-3)34-29-21/h4-11,15H,12-14H2,1-3H3. The van der Waals surface area contributed by atoms with E-state index in [4.69, 9.17) is 23.8 Å². The van der Waals surface area contributed by atoms with E-state index in [1.807, 2.05) is 42.6 Å². The quantitative estimate of drug-likeness (QED) is 0.324. The monoisotopic (exact) mass is 460 g/mol. The van der Waals surface area contributed by atoms with Gasteiger partial charge in [-0.2, -0.15) is 4.52 Å². The van der Waals surface area contributed by atoms with Gasteiger partial charge >= 0.3 is 0 Å². The van der Waals surface area contributed by atoms with Crippen LogP contribution in [0, 0.1) is 0 Å². The van der Waals surface area contributed by atoms with Crippen molar-refractivity contribution < 1.29 is 18.7 Å². The second kappa shape index (κ2) is 9.54. The fourth-order valence-electron chi connectivity index (χ4n) is 3.75. The van der Waals surface area contributed by atoms with Crippen molar-refractivity contribution in [1.29, 1.82) is 0 Å². The molecule has 0 N–H and O–H groups in total. The van der Waals surface area contributed by atoms with Crippen LogP contribution in [0.5, 0.6) is 5.88 Å². The molecule has 0 aliphatic rings. The summed E-state index contributed by atoms with van der Waals surface area (Å²) in [5, 5.41) is 19.1. The maximum absolute atomic E-state index is 6.13. The van der Waals surface area contributed by atoms with E-state index in [0.717, 1.165) is 22.0 Å². The summed E-state index contributed by atoms with van der Waals surface area (Å²) in [5.41, 5.74) is 3.02. The van der Waals surface area contributed by atoms with E-state index in [-0.39, 0.29) is 12.5 Å². The highest BCUT2D eigenvalue weighted by molar-refractivity contribution is 5.96. The minimum Gasteiger partial charge on any atom is -0.470 e. The van der Waals surface area contributed by atoms with Crippen LogP contribution in [0.4, 0.5) is 0 Å². The van der Waals surface area contributed by atoms with Gasteiger partial charge in [0.05, 0.1) is 12.3 Å². The van der Waals surface area contributed by atoms with Crippen LogP contribution in [0.2, 0.25) is 0 Å². The Balaban J connectivity index is 1.47. The summed E-state index contributed by atoms with van der Waals surface area (Å²) in [6.45, 7) is 3.32. The number of ether oxygens (including phenoxy) is 3. The number of aromatic nitrogens is 6. The van der Waals surface area contributed by atoms with Crippen molar-refractivity contribution >= 4 is 16.4 Å². The molecule has 0 saturated carbocycles. The maximum atomic E-state index is 6.13. The Morgan fingerprint density at radius 2 is 1.85 bits per heavy atom. The number of methoxy groups -OCH3 is 2. The van der Waals surface area contributed by atoms with Crippen LogP contribution in [-0.2, 0) is 22.7 Å². The summed E-state index contributed by atoms with van der Waals surface area (Å²) in [5.74, 6) is 1.75. The molecule has 1 aromatic carbocycles. The average Bonchev–Trinajstić information content (AvgIpc) is 3.50. The van der Waals surface area contributed by atoms with E-state index in [9.17, 15) is 0 Å². The Bertz CT molecular complexity index is 1410. The number of pyridine rings is 1. The third-order valence-electron chi connectivity index (χ3n) is 5.49. The number of hydrogen-bond acceptors (Lipinski definition) is 9. The molecular formula is C24H24N6O4. The average molecular weight is 460 g/mol. The summed E-state index contributed by atoms with van der Waals surface area (Å²) in [4.78, 5) is 4.54. The molecule has 1 unspecified atom stereocenters. The first kappa shape index (κ1) is 21.9. The van der Waals surface area contributed by atoms with Crippen LogP contribution in [0.25, 0.3) is 27.9 Å². The Kier molecular flexibility index (Phi) is 6.15. The first-order valence-electron chi connectivity index (χ1n) is 10.8. The molecule has 4 heterocycles. The van der Waals surface area contributed by atoms with Crippen molar-refractivity contribution in [3.63, 3.8) is 0 Å². The molecule has 5 aromatic rings. The molecule has 0 amide bonds. The van der Waals surface area contributed by atoms with Crippen LogP contribution in [0.3, 0.4) is 0 Å². The Morgan fingerprint density at radius 1 is 1.00 bits per heavy atom. The largest absolute Gasteiger partial charge is 0.470 e. The van der Waals surface area contributed by atoms with Crippen molar-refractivity contribution in [2.75, 3.05) is 20.8 Å². The lowest BCUT2D eigenvalue weighted by Crippen LogP contribution is -2.06. The molecular weight excluding hydrogens is 436 g/mol. The molecule has 0 bridgehead atoms. The highest BCUT2D eigenvalue weighted by Crippen LogP contribution is 2.29. The zero-order valence-electron chi connectivity index (χ0n) is 19.1. The van der Waals surface area contributed by atoms with Gasteiger partial charge < -0.3 is 18.7 Å². The van der Waals surface area contributed by atoms with E-state index in [1.165, 1.54) is 0 Å². The van der Waals surface area contributed by atoms with Gasteiger partial charge in [-0.1, -0.05) is 36.3 Å². The normalized spacial score (nSPS) is 12.4. The van der Waals surface area contributed by atoms with Crippen molar-refractivity contribution in [3.05, 3.63) is 65.7 Å². The lowest BCUT2D eigenvalue weighted by molar-refractivity contribution is 0.156. The van der Waals surface area contributed by atoms with Crippen LogP contribution in [0.1, 0.15) is 29.9 Å². The van der Waals surface area contributed by atoms with E-state index in [0.29, 0.717) is 42.0 Å². The smallest absolute Gasteiger partial charge is 0.240 e. The molecule has 0 spiro atoms. The molecule has 0 radical (unpaired) electrons. The Labute approximate surface area is 195 Å². The van der Waals surface area contributed by atoms with Crippen molar-refractivity contribution in [2.45, 2.75) is 26.1 Å². The Hall–Kier alpha value is -3.89. The van der Waals surface area contributed by atoms with Gasteiger partial charge in [0.15, 0.2) is 17.1 Å².